The maximum Gasteiger partial charge on any atom is 0.245 e. The van der Waals surface area contributed by atoms with Gasteiger partial charge in [0, 0.05) is 6.92 Å². The Morgan fingerprint density at radius 3 is 2.53 bits per heavy atom. The molecule has 0 aliphatic carbocycles. The fourth-order valence-corrected chi connectivity index (χ4v) is 2.41. The van der Waals surface area contributed by atoms with E-state index >= 15 is 0 Å². The third-order valence-corrected chi connectivity index (χ3v) is 7.82. The summed E-state index contributed by atoms with van der Waals surface area (Å²) in [5, 5.41) is 1.43. The highest BCUT2D eigenvalue weighted by atomic mass is 28.4. The molecule has 0 spiro atoms. The molecule has 1 aliphatic heterocycles. The first-order valence-electron chi connectivity index (χ1n) is 5.92. The van der Waals surface area contributed by atoms with E-state index < -0.39 is 8.32 Å². The number of nitrogens with zero attached hydrogens (tertiary/aromatic N) is 1. The molecule has 0 N–H and O–H groups in total. The van der Waals surface area contributed by atoms with Gasteiger partial charge in [0.1, 0.15) is 0 Å². The molecule has 1 heterocycles. The second-order valence-electron chi connectivity index (χ2n) is 5.84. The van der Waals surface area contributed by atoms with Gasteiger partial charge in [0.25, 0.3) is 0 Å². The second-order valence-corrected chi connectivity index (χ2v) is 10.6. The summed E-state index contributed by atoms with van der Waals surface area (Å²) < 4.78 is 6.15. The summed E-state index contributed by atoms with van der Waals surface area (Å²) in [6.07, 6.45) is 3.39. The largest absolute Gasteiger partial charge is 0.392 e. The average Bonchev–Trinajstić information content (AvgIpc) is 2.15. The third kappa shape index (κ3) is 3.40. The Morgan fingerprint density at radius 2 is 2.06 bits per heavy atom. The zero-order valence-corrected chi connectivity index (χ0v) is 12.6. The smallest absolute Gasteiger partial charge is 0.245 e. The van der Waals surface area contributed by atoms with Crippen LogP contribution in [0.1, 0.15) is 27.7 Å². The Bertz CT molecular complexity index is 320. The molecule has 98 valence electrons. The van der Waals surface area contributed by atoms with Crippen molar-refractivity contribution in [2.24, 2.45) is 0 Å². The summed E-state index contributed by atoms with van der Waals surface area (Å²) in [5.74, 6) is -0.127. The van der Waals surface area contributed by atoms with Crippen LogP contribution >= 0.6 is 0 Å². The maximum absolute atomic E-state index is 11.4. The van der Waals surface area contributed by atoms with Crippen LogP contribution in [-0.2, 0) is 14.1 Å². The quantitative estimate of drug-likeness (QED) is 0.564. The van der Waals surface area contributed by atoms with Gasteiger partial charge in [0.15, 0.2) is 14.5 Å². The van der Waals surface area contributed by atoms with E-state index in [1.807, 2.05) is 12.2 Å². The van der Waals surface area contributed by atoms with E-state index in [1.165, 1.54) is 12.0 Å². The summed E-state index contributed by atoms with van der Waals surface area (Å²) in [5.41, 5.74) is 0. The fraction of sp³-hybridized carbons (Fsp3) is 0.750. The van der Waals surface area contributed by atoms with Crippen molar-refractivity contribution in [1.82, 2.24) is 5.06 Å². The monoisotopic (exact) mass is 257 g/mol. The fourth-order valence-electron chi connectivity index (χ4n) is 1.28. The topological polar surface area (TPSA) is 38.8 Å². The molecule has 1 atom stereocenters. The number of hydrogen-bond acceptors (Lipinski definition) is 3. The first-order valence-corrected chi connectivity index (χ1v) is 8.83. The number of hydrogen-bond donors (Lipinski definition) is 0. The third-order valence-electron chi connectivity index (χ3n) is 3.37. The molecule has 0 radical (unpaired) electrons. The van der Waals surface area contributed by atoms with Crippen molar-refractivity contribution in [3.63, 3.8) is 0 Å². The molecule has 0 aromatic heterocycles. The van der Waals surface area contributed by atoms with Gasteiger partial charge < -0.3 is 4.43 Å². The van der Waals surface area contributed by atoms with Crippen LogP contribution in [0.25, 0.3) is 0 Å². The van der Waals surface area contributed by atoms with E-state index in [1.54, 1.807) is 0 Å². The van der Waals surface area contributed by atoms with Gasteiger partial charge in [-0.15, -0.1) is 0 Å². The van der Waals surface area contributed by atoms with E-state index in [2.05, 4.69) is 33.9 Å². The van der Waals surface area contributed by atoms with E-state index in [9.17, 15) is 4.79 Å². The van der Waals surface area contributed by atoms with E-state index in [-0.39, 0.29) is 17.2 Å². The number of rotatable bonds is 2. The molecular formula is C12H23NO3Si. The number of amides is 1. The molecule has 1 aliphatic rings. The average molecular weight is 257 g/mol. The van der Waals surface area contributed by atoms with Crippen molar-refractivity contribution in [2.75, 3.05) is 6.61 Å². The molecule has 0 saturated heterocycles. The summed E-state index contributed by atoms with van der Waals surface area (Å²) in [6, 6.07) is 0. The van der Waals surface area contributed by atoms with Crippen molar-refractivity contribution >= 4 is 14.2 Å². The van der Waals surface area contributed by atoms with Crippen LogP contribution in [-0.4, -0.2) is 32.1 Å². The lowest BCUT2D eigenvalue weighted by Crippen LogP contribution is -2.51. The van der Waals surface area contributed by atoms with Crippen LogP contribution in [0.15, 0.2) is 12.2 Å². The Morgan fingerprint density at radius 1 is 1.47 bits per heavy atom. The van der Waals surface area contributed by atoms with Crippen LogP contribution in [0.5, 0.6) is 0 Å². The first-order chi connectivity index (χ1) is 7.65. The van der Waals surface area contributed by atoms with E-state index in [0.29, 0.717) is 6.61 Å². The van der Waals surface area contributed by atoms with Crippen molar-refractivity contribution in [1.29, 1.82) is 0 Å². The maximum atomic E-state index is 11.4. The molecule has 1 unspecified atom stereocenters. The summed E-state index contributed by atoms with van der Waals surface area (Å²) in [6.45, 7) is 12.7. The van der Waals surface area contributed by atoms with Crippen LogP contribution in [0.3, 0.4) is 0 Å². The molecule has 1 rings (SSSR count). The van der Waals surface area contributed by atoms with Gasteiger partial charge in [-0.3, -0.25) is 9.63 Å². The predicted molar refractivity (Wildman–Crippen MR) is 69.7 cm³/mol. The lowest BCUT2D eigenvalue weighted by atomic mass is 10.2. The van der Waals surface area contributed by atoms with Gasteiger partial charge in [-0.1, -0.05) is 26.8 Å². The van der Waals surface area contributed by atoms with E-state index in [4.69, 9.17) is 9.26 Å². The highest BCUT2D eigenvalue weighted by Gasteiger charge is 2.41. The van der Waals surface area contributed by atoms with Crippen LogP contribution in [0.4, 0.5) is 0 Å². The minimum atomic E-state index is -1.91. The minimum Gasteiger partial charge on any atom is -0.392 e. The Kier molecular flexibility index (Phi) is 4.17. The standard InChI is InChI=1S/C12H23NO3Si/c1-10(14)13-11(8-7-9-15-13)16-17(5,6)12(2,3)4/h7-8,11H,9H2,1-6H3. The van der Waals surface area contributed by atoms with Gasteiger partial charge in [0.05, 0.1) is 6.61 Å². The van der Waals surface area contributed by atoms with E-state index in [0.717, 1.165) is 0 Å². The summed E-state index contributed by atoms with van der Waals surface area (Å²) >= 11 is 0. The van der Waals surface area contributed by atoms with Crippen molar-refractivity contribution in [3.05, 3.63) is 12.2 Å². The molecular weight excluding hydrogens is 234 g/mol. The SMILES string of the molecule is CC(=O)N1OCC=CC1O[Si](C)(C)C(C)(C)C. The number of carbonyl (C=O) groups excluding carboxylic acids is 1. The van der Waals surface area contributed by atoms with Crippen molar-refractivity contribution in [3.8, 4) is 0 Å². The van der Waals surface area contributed by atoms with Gasteiger partial charge >= 0.3 is 0 Å². The molecule has 0 aromatic rings. The lowest BCUT2D eigenvalue weighted by molar-refractivity contribution is -0.217. The molecule has 0 bridgehead atoms. The molecule has 1 amide bonds. The number of hydroxylamine groups is 2. The molecule has 5 heteroatoms. The van der Waals surface area contributed by atoms with Crippen molar-refractivity contribution in [2.45, 2.75) is 52.1 Å². The van der Waals surface area contributed by atoms with Gasteiger partial charge in [-0.05, 0) is 24.2 Å². The predicted octanol–water partition coefficient (Wildman–Crippen LogP) is 2.68. The lowest BCUT2D eigenvalue weighted by Gasteiger charge is -2.41. The van der Waals surface area contributed by atoms with Crippen molar-refractivity contribution < 1.29 is 14.1 Å². The Hall–Kier alpha value is -0.653. The van der Waals surface area contributed by atoms with Gasteiger partial charge in [0.2, 0.25) is 5.91 Å². The zero-order chi connectivity index (χ0) is 13.3. The normalized spacial score (nSPS) is 21.8. The number of carbonyl (C=O) groups is 1. The molecule has 4 nitrogen and oxygen atoms in total. The first kappa shape index (κ1) is 14.4. The summed E-state index contributed by atoms with van der Waals surface area (Å²) in [7, 11) is -1.91. The summed E-state index contributed by atoms with van der Waals surface area (Å²) in [4.78, 5) is 16.8. The van der Waals surface area contributed by atoms with Gasteiger partial charge in [-0.25, -0.2) is 0 Å². The molecule has 0 fully saturated rings. The second kappa shape index (κ2) is 4.92. The van der Waals surface area contributed by atoms with Crippen LogP contribution < -0.4 is 0 Å². The Labute approximate surface area is 105 Å². The highest BCUT2D eigenvalue weighted by molar-refractivity contribution is 6.74. The van der Waals surface area contributed by atoms with Crippen LogP contribution in [0, 0.1) is 0 Å². The van der Waals surface area contributed by atoms with Crippen LogP contribution in [0.2, 0.25) is 18.1 Å². The molecule has 17 heavy (non-hydrogen) atoms. The Balaban J connectivity index is 2.82. The zero-order valence-electron chi connectivity index (χ0n) is 11.6. The van der Waals surface area contributed by atoms with Gasteiger partial charge in [-0.2, -0.15) is 5.06 Å². The highest BCUT2D eigenvalue weighted by Crippen LogP contribution is 2.38. The molecule has 0 saturated carbocycles. The minimum absolute atomic E-state index is 0.112. The molecule has 0 aromatic carbocycles.